The third-order valence-electron chi connectivity index (χ3n) is 1.81. The summed E-state index contributed by atoms with van der Waals surface area (Å²) in [4.78, 5) is 15.0. The maximum absolute atomic E-state index is 11.7. The van der Waals surface area contributed by atoms with Gasteiger partial charge in [-0.2, -0.15) is 18.3 Å². The van der Waals surface area contributed by atoms with Crippen LogP contribution in [0.2, 0.25) is 0 Å². The van der Waals surface area contributed by atoms with Gasteiger partial charge in [-0.05, 0) is 0 Å². The maximum Gasteiger partial charge on any atom is 0.401 e. The fraction of sp³-hybridized carbons (Fsp3) is 0.625. The molecule has 90 valence electrons. The van der Waals surface area contributed by atoms with Crippen LogP contribution in [0.25, 0.3) is 0 Å². The molecule has 1 aromatic heterocycles. The molecular weight excluding hydrogens is 225 g/mol. The highest BCUT2D eigenvalue weighted by atomic mass is 19.4. The van der Waals surface area contributed by atoms with Gasteiger partial charge < -0.3 is 5.32 Å². The van der Waals surface area contributed by atoms with Crippen LogP contribution in [0.3, 0.4) is 0 Å². The van der Waals surface area contributed by atoms with E-state index in [4.69, 9.17) is 0 Å². The SMILES string of the molecule is Cn1ncnc1CC(=O)CNCC(F)(F)F. The Morgan fingerprint density at radius 3 is 2.75 bits per heavy atom. The van der Waals surface area contributed by atoms with Gasteiger partial charge in [0.15, 0.2) is 5.78 Å². The third-order valence-corrected chi connectivity index (χ3v) is 1.81. The number of rotatable bonds is 5. The number of Topliss-reactive ketones (excluding diaryl/α,β-unsaturated/α-hetero) is 1. The standard InChI is InChI=1S/C8H11F3N4O/c1-15-7(13-5-14-15)2-6(16)3-12-4-8(9,10)11/h5,12H,2-4H2,1H3. The van der Waals surface area contributed by atoms with Crippen LogP contribution in [0.5, 0.6) is 0 Å². The van der Waals surface area contributed by atoms with E-state index in [1.165, 1.54) is 11.0 Å². The summed E-state index contributed by atoms with van der Waals surface area (Å²) in [5.74, 6) is 0.0687. The van der Waals surface area contributed by atoms with Crippen LogP contribution in [-0.2, 0) is 18.3 Å². The van der Waals surface area contributed by atoms with Gasteiger partial charge in [-0.25, -0.2) is 4.98 Å². The highest BCUT2D eigenvalue weighted by Gasteiger charge is 2.26. The van der Waals surface area contributed by atoms with Crippen LogP contribution < -0.4 is 5.32 Å². The molecule has 1 rings (SSSR count). The molecule has 1 N–H and O–H groups in total. The molecule has 0 aliphatic carbocycles. The largest absolute Gasteiger partial charge is 0.401 e. The number of halogens is 3. The number of carbonyl (C=O) groups is 1. The number of hydrogen-bond acceptors (Lipinski definition) is 4. The molecule has 0 aliphatic rings. The Balaban J connectivity index is 2.30. The van der Waals surface area contributed by atoms with Gasteiger partial charge in [-0.3, -0.25) is 9.48 Å². The second-order valence-corrected chi connectivity index (χ2v) is 3.23. The Morgan fingerprint density at radius 1 is 1.56 bits per heavy atom. The van der Waals surface area contributed by atoms with Crippen LogP contribution in [0.15, 0.2) is 6.33 Å². The molecule has 0 atom stereocenters. The minimum atomic E-state index is -4.30. The van der Waals surface area contributed by atoms with E-state index in [1.807, 2.05) is 5.32 Å². The summed E-state index contributed by atoms with van der Waals surface area (Å²) in [6.07, 6.45) is -3.04. The van der Waals surface area contributed by atoms with Crippen molar-refractivity contribution in [2.45, 2.75) is 12.6 Å². The van der Waals surface area contributed by atoms with Gasteiger partial charge in [0, 0.05) is 7.05 Å². The second kappa shape index (κ2) is 5.06. The molecule has 0 saturated heterocycles. The van der Waals surface area contributed by atoms with Crippen molar-refractivity contribution in [1.82, 2.24) is 20.1 Å². The van der Waals surface area contributed by atoms with Crippen molar-refractivity contribution < 1.29 is 18.0 Å². The highest BCUT2D eigenvalue weighted by Crippen LogP contribution is 2.11. The van der Waals surface area contributed by atoms with E-state index < -0.39 is 12.7 Å². The second-order valence-electron chi connectivity index (χ2n) is 3.23. The van der Waals surface area contributed by atoms with Gasteiger partial charge >= 0.3 is 6.18 Å². The quantitative estimate of drug-likeness (QED) is 0.786. The molecule has 5 nitrogen and oxygen atoms in total. The van der Waals surface area contributed by atoms with E-state index in [2.05, 4.69) is 10.1 Å². The molecule has 0 unspecified atom stereocenters. The highest BCUT2D eigenvalue weighted by molar-refractivity contribution is 5.82. The zero-order chi connectivity index (χ0) is 12.2. The molecule has 16 heavy (non-hydrogen) atoms. The predicted molar refractivity (Wildman–Crippen MR) is 48.6 cm³/mol. The molecule has 1 heterocycles. The van der Waals surface area contributed by atoms with Crippen LogP contribution in [0.1, 0.15) is 5.82 Å². The Morgan fingerprint density at radius 2 is 2.25 bits per heavy atom. The first-order chi connectivity index (χ1) is 7.38. The number of ketones is 1. The van der Waals surface area contributed by atoms with Crippen molar-refractivity contribution >= 4 is 5.78 Å². The molecule has 0 radical (unpaired) electrons. The number of aromatic nitrogens is 3. The molecule has 0 amide bonds. The van der Waals surface area contributed by atoms with Gasteiger partial charge in [-0.1, -0.05) is 0 Å². The Hall–Kier alpha value is -1.44. The van der Waals surface area contributed by atoms with E-state index in [0.717, 1.165) is 0 Å². The Kier molecular flexibility index (Phi) is 3.99. The van der Waals surface area contributed by atoms with Crippen LogP contribution in [0, 0.1) is 0 Å². The maximum atomic E-state index is 11.7. The summed E-state index contributed by atoms with van der Waals surface area (Å²) in [7, 11) is 1.61. The topological polar surface area (TPSA) is 59.8 Å². The predicted octanol–water partition coefficient (Wildman–Crippen LogP) is 0.0786. The molecule has 0 bridgehead atoms. The third kappa shape index (κ3) is 4.39. The van der Waals surface area contributed by atoms with Crippen LogP contribution in [-0.4, -0.2) is 39.8 Å². The molecule has 1 aromatic rings. The molecule has 0 aromatic carbocycles. The minimum absolute atomic E-state index is 0.0264. The van der Waals surface area contributed by atoms with Crippen molar-refractivity contribution in [3.8, 4) is 0 Å². The summed E-state index contributed by atoms with van der Waals surface area (Å²) in [5, 5.41) is 5.77. The van der Waals surface area contributed by atoms with E-state index in [1.54, 1.807) is 7.05 Å². The normalized spacial score (nSPS) is 11.8. The average molecular weight is 236 g/mol. The van der Waals surface area contributed by atoms with E-state index >= 15 is 0 Å². The first kappa shape index (κ1) is 12.6. The minimum Gasteiger partial charge on any atom is -0.302 e. The Labute approximate surface area is 89.7 Å². The summed E-state index contributed by atoms with van der Waals surface area (Å²) in [6.45, 7) is -1.50. The smallest absolute Gasteiger partial charge is 0.302 e. The van der Waals surface area contributed by atoms with Gasteiger partial charge in [0.05, 0.1) is 19.5 Å². The van der Waals surface area contributed by atoms with Crippen molar-refractivity contribution in [2.75, 3.05) is 13.1 Å². The molecule has 0 saturated carbocycles. The van der Waals surface area contributed by atoms with Gasteiger partial charge in [-0.15, -0.1) is 0 Å². The number of alkyl halides is 3. The van der Waals surface area contributed by atoms with Crippen LogP contribution in [0.4, 0.5) is 13.2 Å². The molecule has 0 fully saturated rings. The Bertz CT molecular complexity index is 360. The fourth-order valence-corrected chi connectivity index (χ4v) is 1.06. The van der Waals surface area contributed by atoms with E-state index in [-0.39, 0.29) is 18.7 Å². The monoisotopic (exact) mass is 236 g/mol. The molecular formula is C8H11F3N4O. The van der Waals surface area contributed by atoms with E-state index in [9.17, 15) is 18.0 Å². The van der Waals surface area contributed by atoms with E-state index in [0.29, 0.717) is 5.82 Å². The van der Waals surface area contributed by atoms with Crippen LogP contribution >= 0.6 is 0 Å². The first-order valence-corrected chi connectivity index (χ1v) is 4.50. The lowest BCUT2D eigenvalue weighted by Gasteiger charge is -2.07. The molecule has 0 aliphatic heterocycles. The zero-order valence-electron chi connectivity index (χ0n) is 8.58. The summed E-state index contributed by atoms with van der Waals surface area (Å²) in [6, 6.07) is 0. The lowest BCUT2D eigenvalue weighted by atomic mass is 10.2. The summed E-state index contributed by atoms with van der Waals surface area (Å²) >= 11 is 0. The van der Waals surface area contributed by atoms with Crippen molar-refractivity contribution in [3.63, 3.8) is 0 Å². The number of hydrogen-bond donors (Lipinski definition) is 1. The average Bonchev–Trinajstić information content (AvgIpc) is 2.49. The lowest BCUT2D eigenvalue weighted by Crippen LogP contribution is -2.33. The van der Waals surface area contributed by atoms with Crippen molar-refractivity contribution in [2.24, 2.45) is 7.05 Å². The molecule has 8 heteroatoms. The first-order valence-electron chi connectivity index (χ1n) is 4.50. The number of nitrogens with one attached hydrogen (secondary N) is 1. The van der Waals surface area contributed by atoms with Crippen molar-refractivity contribution in [3.05, 3.63) is 12.2 Å². The molecule has 0 spiro atoms. The van der Waals surface area contributed by atoms with Crippen molar-refractivity contribution in [1.29, 1.82) is 0 Å². The summed E-state index contributed by atoms with van der Waals surface area (Å²) in [5.41, 5.74) is 0. The zero-order valence-corrected chi connectivity index (χ0v) is 8.58. The van der Waals surface area contributed by atoms with Gasteiger partial charge in [0.2, 0.25) is 0 Å². The van der Waals surface area contributed by atoms with Gasteiger partial charge in [0.1, 0.15) is 12.2 Å². The lowest BCUT2D eigenvalue weighted by molar-refractivity contribution is -0.127. The van der Waals surface area contributed by atoms with Gasteiger partial charge in [0.25, 0.3) is 0 Å². The number of nitrogens with zero attached hydrogens (tertiary/aromatic N) is 3. The summed E-state index contributed by atoms with van der Waals surface area (Å²) < 4.78 is 36.6. The number of aryl methyl sites for hydroxylation is 1. The number of carbonyl (C=O) groups excluding carboxylic acids is 1. The fourth-order valence-electron chi connectivity index (χ4n) is 1.06.